The highest BCUT2D eigenvalue weighted by Gasteiger charge is 2.09. The highest BCUT2D eigenvalue weighted by molar-refractivity contribution is 5.86. The summed E-state index contributed by atoms with van der Waals surface area (Å²) in [5.41, 5.74) is 0.235. The minimum absolute atomic E-state index is 0.235. The number of rotatable bonds is 5. The second-order valence-corrected chi connectivity index (χ2v) is 3.33. The van der Waals surface area contributed by atoms with Gasteiger partial charge in [-0.1, -0.05) is 6.92 Å². The Labute approximate surface area is 95.5 Å². The van der Waals surface area contributed by atoms with Crippen LogP contribution in [0.5, 0.6) is 0 Å². The number of ether oxygens (including phenoxy) is 1. The molecule has 5 nitrogen and oxygen atoms in total. The van der Waals surface area contributed by atoms with Gasteiger partial charge >= 0.3 is 5.97 Å². The lowest BCUT2D eigenvalue weighted by molar-refractivity contribution is 0.0593. The molecule has 0 atom stereocenters. The van der Waals surface area contributed by atoms with Crippen LogP contribution in [0.2, 0.25) is 0 Å². The highest BCUT2D eigenvalue weighted by atomic mass is 16.5. The third-order valence-electron chi connectivity index (χ3n) is 2.23. The smallest absolute Gasteiger partial charge is 0.358 e. The van der Waals surface area contributed by atoms with Crippen molar-refractivity contribution in [3.8, 4) is 0 Å². The zero-order chi connectivity index (χ0) is 12.0. The number of esters is 1. The number of hydrogen-bond acceptors (Lipinski definition) is 5. The maximum Gasteiger partial charge on any atom is 0.358 e. The second-order valence-electron chi connectivity index (χ2n) is 3.33. The van der Waals surface area contributed by atoms with Gasteiger partial charge in [-0.15, -0.1) is 0 Å². The maximum absolute atomic E-state index is 11.2. The number of nitrogens with zero attached hydrogens (tertiary/aromatic N) is 3. The van der Waals surface area contributed by atoms with E-state index in [0.717, 1.165) is 25.3 Å². The van der Waals surface area contributed by atoms with Crippen molar-refractivity contribution in [1.29, 1.82) is 0 Å². The molecule has 0 aliphatic rings. The largest absolute Gasteiger partial charge is 0.464 e. The summed E-state index contributed by atoms with van der Waals surface area (Å²) in [6.07, 6.45) is 4.10. The van der Waals surface area contributed by atoms with E-state index in [4.69, 9.17) is 0 Å². The molecule has 0 saturated heterocycles. The zero-order valence-electron chi connectivity index (χ0n) is 9.93. The van der Waals surface area contributed by atoms with Crippen LogP contribution in [0.4, 0.5) is 5.82 Å². The number of carbonyl (C=O) groups excluding carboxylic acids is 1. The number of aromatic nitrogens is 2. The van der Waals surface area contributed by atoms with Crippen LogP contribution in [0.25, 0.3) is 0 Å². The molecule has 0 amide bonds. The van der Waals surface area contributed by atoms with Crippen LogP contribution >= 0.6 is 0 Å². The molecule has 88 valence electrons. The Hall–Kier alpha value is -1.65. The first-order chi connectivity index (χ1) is 7.72. The molecule has 1 heterocycles. The summed E-state index contributed by atoms with van der Waals surface area (Å²) in [5, 5.41) is 0. The average Bonchev–Trinajstić information content (AvgIpc) is 2.35. The van der Waals surface area contributed by atoms with Crippen molar-refractivity contribution in [2.45, 2.75) is 20.3 Å². The zero-order valence-corrected chi connectivity index (χ0v) is 9.93. The molecule has 0 bridgehead atoms. The number of carbonyl (C=O) groups is 1. The third-order valence-corrected chi connectivity index (χ3v) is 2.23. The van der Waals surface area contributed by atoms with E-state index >= 15 is 0 Å². The van der Waals surface area contributed by atoms with Crippen molar-refractivity contribution in [2.75, 3.05) is 25.1 Å². The quantitative estimate of drug-likeness (QED) is 0.708. The van der Waals surface area contributed by atoms with Crippen molar-refractivity contribution in [1.82, 2.24) is 9.97 Å². The van der Waals surface area contributed by atoms with Crippen LogP contribution in [0, 0.1) is 0 Å². The Morgan fingerprint density at radius 3 is 2.56 bits per heavy atom. The van der Waals surface area contributed by atoms with Crippen molar-refractivity contribution < 1.29 is 9.53 Å². The van der Waals surface area contributed by atoms with Gasteiger partial charge in [0.1, 0.15) is 5.82 Å². The number of anilines is 1. The summed E-state index contributed by atoms with van der Waals surface area (Å²) in [6, 6.07) is 0. The minimum Gasteiger partial charge on any atom is -0.464 e. The van der Waals surface area contributed by atoms with Crippen LogP contribution in [0.1, 0.15) is 30.8 Å². The van der Waals surface area contributed by atoms with Gasteiger partial charge < -0.3 is 9.64 Å². The Morgan fingerprint density at radius 1 is 1.38 bits per heavy atom. The van der Waals surface area contributed by atoms with Gasteiger partial charge in [0.05, 0.1) is 19.5 Å². The molecule has 5 heteroatoms. The lowest BCUT2D eigenvalue weighted by Crippen LogP contribution is -2.24. The summed E-state index contributed by atoms with van der Waals surface area (Å²) in [6.45, 7) is 5.98. The monoisotopic (exact) mass is 223 g/mol. The van der Waals surface area contributed by atoms with Gasteiger partial charge in [0.25, 0.3) is 0 Å². The van der Waals surface area contributed by atoms with Crippen molar-refractivity contribution in [3.05, 3.63) is 18.1 Å². The fraction of sp³-hybridized carbons (Fsp3) is 0.545. The molecule has 0 unspecified atom stereocenters. The fourth-order valence-corrected chi connectivity index (χ4v) is 1.40. The third kappa shape index (κ3) is 2.92. The van der Waals surface area contributed by atoms with Gasteiger partial charge in [-0.2, -0.15) is 0 Å². The second kappa shape index (κ2) is 6.05. The molecule has 16 heavy (non-hydrogen) atoms. The normalized spacial score (nSPS) is 9.94. The highest BCUT2D eigenvalue weighted by Crippen LogP contribution is 2.09. The predicted octanol–water partition coefficient (Wildman–Crippen LogP) is 1.50. The molecule has 0 radical (unpaired) electrons. The van der Waals surface area contributed by atoms with Gasteiger partial charge in [-0.3, -0.25) is 0 Å². The lowest BCUT2D eigenvalue weighted by Gasteiger charge is -2.20. The SMILES string of the molecule is CCCN(CC)c1cnc(C(=O)OC)cn1. The van der Waals surface area contributed by atoms with E-state index < -0.39 is 5.97 Å². The van der Waals surface area contributed by atoms with Gasteiger partial charge in [-0.05, 0) is 13.3 Å². The van der Waals surface area contributed by atoms with E-state index in [2.05, 4.69) is 33.5 Å². The fourth-order valence-electron chi connectivity index (χ4n) is 1.40. The molecule has 1 aromatic heterocycles. The molecule has 0 aliphatic carbocycles. The van der Waals surface area contributed by atoms with E-state index in [1.165, 1.54) is 13.3 Å². The first-order valence-corrected chi connectivity index (χ1v) is 5.38. The Kier molecular flexibility index (Phi) is 4.69. The van der Waals surface area contributed by atoms with Crippen LogP contribution in [-0.2, 0) is 4.74 Å². The number of methoxy groups -OCH3 is 1. The summed E-state index contributed by atoms with van der Waals surface area (Å²) < 4.78 is 4.56. The first-order valence-electron chi connectivity index (χ1n) is 5.38. The summed E-state index contributed by atoms with van der Waals surface area (Å²) in [4.78, 5) is 21.5. The Morgan fingerprint density at radius 2 is 2.12 bits per heavy atom. The Bertz CT molecular complexity index is 338. The predicted molar refractivity (Wildman–Crippen MR) is 61.5 cm³/mol. The molecule has 0 saturated carbocycles. The molecule has 1 rings (SSSR count). The number of hydrogen-bond donors (Lipinski definition) is 0. The molecule has 1 aromatic rings. The first kappa shape index (κ1) is 12.4. The van der Waals surface area contributed by atoms with Gasteiger partial charge in [0.15, 0.2) is 5.69 Å². The lowest BCUT2D eigenvalue weighted by atomic mass is 10.4. The van der Waals surface area contributed by atoms with Crippen LogP contribution in [-0.4, -0.2) is 36.1 Å². The van der Waals surface area contributed by atoms with E-state index in [1.807, 2.05) is 0 Å². The van der Waals surface area contributed by atoms with Crippen molar-refractivity contribution in [3.63, 3.8) is 0 Å². The molecule has 0 spiro atoms. The molecule has 0 fully saturated rings. The van der Waals surface area contributed by atoms with Crippen LogP contribution < -0.4 is 4.90 Å². The van der Waals surface area contributed by atoms with E-state index in [1.54, 1.807) is 6.20 Å². The summed E-state index contributed by atoms with van der Waals surface area (Å²) in [7, 11) is 1.33. The molecule has 0 N–H and O–H groups in total. The van der Waals surface area contributed by atoms with E-state index in [9.17, 15) is 4.79 Å². The molecular weight excluding hydrogens is 206 g/mol. The maximum atomic E-state index is 11.2. The topological polar surface area (TPSA) is 55.3 Å². The molecule has 0 aromatic carbocycles. The van der Waals surface area contributed by atoms with E-state index in [-0.39, 0.29) is 5.69 Å². The van der Waals surface area contributed by atoms with Crippen molar-refractivity contribution in [2.24, 2.45) is 0 Å². The van der Waals surface area contributed by atoms with E-state index in [0.29, 0.717) is 0 Å². The van der Waals surface area contributed by atoms with Gasteiger partial charge in [-0.25, -0.2) is 14.8 Å². The molecular formula is C11H17N3O2. The van der Waals surface area contributed by atoms with Crippen molar-refractivity contribution >= 4 is 11.8 Å². The summed E-state index contributed by atoms with van der Waals surface area (Å²) in [5.74, 6) is 0.328. The minimum atomic E-state index is -0.461. The van der Waals surface area contributed by atoms with Gasteiger partial charge in [0, 0.05) is 13.1 Å². The van der Waals surface area contributed by atoms with Gasteiger partial charge in [0.2, 0.25) is 0 Å². The standard InChI is InChI=1S/C11H17N3O2/c1-4-6-14(5-2)10-8-12-9(7-13-10)11(15)16-3/h7-8H,4-6H2,1-3H3. The molecule has 0 aliphatic heterocycles. The average molecular weight is 223 g/mol. The summed E-state index contributed by atoms with van der Waals surface area (Å²) >= 11 is 0. The Balaban J connectivity index is 2.80. The van der Waals surface area contributed by atoms with Crippen LogP contribution in [0.3, 0.4) is 0 Å². The van der Waals surface area contributed by atoms with Crippen LogP contribution in [0.15, 0.2) is 12.4 Å².